The summed E-state index contributed by atoms with van der Waals surface area (Å²) in [5, 5.41) is 18.1. The van der Waals surface area contributed by atoms with Crippen LogP contribution in [0, 0.1) is 0 Å². The first-order chi connectivity index (χ1) is 11.8. The number of aromatic carboxylic acids is 2. The quantitative estimate of drug-likeness (QED) is 0.487. The number of esters is 2. The molecule has 2 aromatic carbocycles. The molecule has 0 bridgehead atoms. The minimum Gasteiger partial charge on any atom is -0.478 e. The number of ketones is 1. The summed E-state index contributed by atoms with van der Waals surface area (Å²) < 4.78 is 4.43. The third kappa shape index (κ3) is 2.65. The van der Waals surface area contributed by atoms with Crippen LogP contribution in [0.4, 0.5) is 0 Å². The Bertz CT molecular complexity index is 986. The fourth-order valence-electron chi connectivity index (χ4n) is 2.44. The van der Waals surface area contributed by atoms with Crippen molar-refractivity contribution < 1.29 is 38.9 Å². The van der Waals surface area contributed by atoms with Crippen molar-refractivity contribution in [3.8, 4) is 0 Å². The number of carboxylic acid groups (broad SMARTS) is 2. The van der Waals surface area contributed by atoms with Gasteiger partial charge < -0.3 is 14.9 Å². The number of ether oxygens (including phenoxy) is 1. The molecular weight excluding hydrogens is 332 g/mol. The van der Waals surface area contributed by atoms with Gasteiger partial charge in [0.25, 0.3) is 0 Å². The first-order valence-corrected chi connectivity index (χ1v) is 6.85. The normalized spacial score (nSPS) is 12.5. The van der Waals surface area contributed by atoms with E-state index in [9.17, 15) is 24.0 Å². The molecule has 3 rings (SSSR count). The van der Waals surface area contributed by atoms with Gasteiger partial charge in [0.2, 0.25) is 0 Å². The van der Waals surface area contributed by atoms with E-state index in [1.165, 1.54) is 24.3 Å². The van der Waals surface area contributed by atoms with E-state index in [0.29, 0.717) is 0 Å². The maximum atomic E-state index is 12.5. The van der Waals surface area contributed by atoms with Crippen LogP contribution >= 0.6 is 0 Å². The summed E-state index contributed by atoms with van der Waals surface area (Å²) in [5.41, 5.74) is -1.04. The molecule has 0 unspecified atom stereocenters. The number of carbonyl (C=O) groups is 5. The lowest BCUT2D eigenvalue weighted by Gasteiger charge is -2.06. The highest BCUT2D eigenvalue weighted by molar-refractivity contribution is 6.17. The Hall–Kier alpha value is -3.81. The maximum Gasteiger partial charge on any atom is 0.346 e. The minimum absolute atomic E-state index is 0.0322. The molecule has 0 radical (unpaired) electrons. The predicted octanol–water partition coefficient (Wildman–Crippen LogP) is 1.62. The number of carboxylic acids is 2. The van der Waals surface area contributed by atoms with Crippen LogP contribution in [0.5, 0.6) is 0 Å². The number of carbonyl (C=O) groups excluding carboxylic acids is 3. The first-order valence-electron chi connectivity index (χ1n) is 6.85. The Labute approximate surface area is 139 Å². The zero-order chi connectivity index (χ0) is 18.3. The Morgan fingerprint density at radius 3 is 1.92 bits per heavy atom. The number of hydrogen-bond donors (Lipinski definition) is 2. The standard InChI is InChI=1S/C17H8O8/c18-13(7-1-3-9(14(19)20)11(5-7)15(21)22)8-2-4-10-12(6-8)17(24)25-16(10)23/h1-6H,(H,19,20)(H,21,22). The van der Waals surface area contributed by atoms with E-state index < -0.39 is 40.8 Å². The van der Waals surface area contributed by atoms with Gasteiger partial charge in [0.15, 0.2) is 5.78 Å². The molecule has 0 saturated carbocycles. The summed E-state index contributed by atoms with van der Waals surface area (Å²) >= 11 is 0. The van der Waals surface area contributed by atoms with E-state index in [1.807, 2.05) is 0 Å². The molecule has 1 aliphatic rings. The molecule has 8 nitrogen and oxygen atoms in total. The van der Waals surface area contributed by atoms with E-state index in [4.69, 9.17) is 10.2 Å². The van der Waals surface area contributed by atoms with Crippen LogP contribution in [0.15, 0.2) is 36.4 Å². The van der Waals surface area contributed by atoms with Crippen molar-refractivity contribution in [2.24, 2.45) is 0 Å². The SMILES string of the molecule is O=C(c1ccc(C(=O)O)c(C(=O)O)c1)c1ccc2c(c1)C(=O)OC2=O. The summed E-state index contributed by atoms with van der Waals surface area (Å²) in [4.78, 5) is 57.7. The lowest BCUT2D eigenvalue weighted by molar-refractivity contribution is 0.0442. The minimum atomic E-state index is -1.49. The molecule has 0 aromatic heterocycles. The van der Waals surface area contributed by atoms with E-state index in [0.717, 1.165) is 12.1 Å². The van der Waals surface area contributed by atoms with Gasteiger partial charge >= 0.3 is 23.9 Å². The van der Waals surface area contributed by atoms with Gasteiger partial charge in [-0.05, 0) is 24.3 Å². The average molecular weight is 340 g/mol. The van der Waals surface area contributed by atoms with Crippen molar-refractivity contribution >= 4 is 29.7 Å². The second-order valence-electron chi connectivity index (χ2n) is 5.14. The molecule has 1 heterocycles. The molecule has 1 aliphatic heterocycles. The molecule has 25 heavy (non-hydrogen) atoms. The smallest absolute Gasteiger partial charge is 0.346 e. The van der Waals surface area contributed by atoms with Gasteiger partial charge in [-0.2, -0.15) is 0 Å². The number of benzene rings is 2. The number of cyclic esters (lactones) is 2. The van der Waals surface area contributed by atoms with Crippen LogP contribution < -0.4 is 0 Å². The van der Waals surface area contributed by atoms with Crippen LogP contribution in [0.25, 0.3) is 0 Å². The molecule has 0 saturated heterocycles. The monoisotopic (exact) mass is 340 g/mol. The van der Waals surface area contributed by atoms with E-state index in [2.05, 4.69) is 4.74 Å². The summed E-state index contributed by atoms with van der Waals surface area (Å²) in [7, 11) is 0. The van der Waals surface area contributed by atoms with Crippen molar-refractivity contribution in [2.75, 3.05) is 0 Å². The van der Waals surface area contributed by atoms with Crippen molar-refractivity contribution in [3.63, 3.8) is 0 Å². The summed E-state index contributed by atoms with van der Waals surface area (Å²) in [6, 6.07) is 6.88. The molecule has 2 aromatic rings. The molecule has 0 atom stereocenters. The summed E-state index contributed by atoms with van der Waals surface area (Å²) in [6.07, 6.45) is 0. The van der Waals surface area contributed by atoms with Crippen molar-refractivity contribution in [3.05, 3.63) is 69.8 Å². The Morgan fingerprint density at radius 2 is 1.28 bits per heavy atom. The van der Waals surface area contributed by atoms with Crippen molar-refractivity contribution in [2.45, 2.75) is 0 Å². The van der Waals surface area contributed by atoms with Gasteiger partial charge in [-0.25, -0.2) is 19.2 Å². The highest BCUT2D eigenvalue weighted by atomic mass is 16.6. The first kappa shape index (κ1) is 16.1. The molecule has 0 amide bonds. The lowest BCUT2D eigenvalue weighted by atomic mass is 9.96. The second-order valence-corrected chi connectivity index (χ2v) is 5.14. The molecular formula is C17H8O8. The number of rotatable bonds is 4. The van der Waals surface area contributed by atoms with Gasteiger partial charge in [-0.15, -0.1) is 0 Å². The Balaban J connectivity index is 2.05. The zero-order valence-corrected chi connectivity index (χ0v) is 12.3. The average Bonchev–Trinajstić information content (AvgIpc) is 2.87. The van der Waals surface area contributed by atoms with Crippen LogP contribution in [0.3, 0.4) is 0 Å². The maximum absolute atomic E-state index is 12.5. The zero-order valence-electron chi connectivity index (χ0n) is 12.3. The summed E-state index contributed by atoms with van der Waals surface area (Å²) in [5.74, 6) is -5.24. The van der Waals surface area contributed by atoms with Crippen LogP contribution in [-0.2, 0) is 4.74 Å². The summed E-state index contributed by atoms with van der Waals surface area (Å²) in [6.45, 7) is 0. The molecule has 0 fully saturated rings. The fourth-order valence-corrected chi connectivity index (χ4v) is 2.44. The van der Waals surface area contributed by atoms with Gasteiger partial charge in [0, 0.05) is 11.1 Å². The van der Waals surface area contributed by atoms with Gasteiger partial charge in [0.1, 0.15) is 0 Å². The van der Waals surface area contributed by atoms with Crippen LogP contribution in [0.1, 0.15) is 57.4 Å². The Kier molecular flexibility index (Phi) is 3.65. The van der Waals surface area contributed by atoms with E-state index >= 15 is 0 Å². The Morgan fingerprint density at radius 1 is 0.720 bits per heavy atom. The molecule has 0 spiro atoms. The van der Waals surface area contributed by atoms with Gasteiger partial charge in [0.05, 0.1) is 22.3 Å². The second kappa shape index (κ2) is 5.68. The van der Waals surface area contributed by atoms with E-state index in [1.54, 1.807) is 0 Å². The number of fused-ring (bicyclic) bond motifs is 1. The van der Waals surface area contributed by atoms with Crippen LogP contribution in [0.2, 0.25) is 0 Å². The van der Waals surface area contributed by atoms with E-state index in [-0.39, 0.29) is 22.3 Å². The molecule has 2 N–H and O–H groups in total. The van der Waals surface area contributed by atoms with Crippen LogP contribution in [-0.4, -0.2) is 39.9 Å². The fraction of sp³-hybridized carbons (Fsp3) is 0. The molecule has 8 heteroatoms. The topological polar surface area (TPSA) is 135 Å². The molecule has 0 aliphatic carbocycles. The molecule has 124 valence electrons. The van der Waals surface area contributed by atoms with Crippen molar-refractivity contribution in [1.29, 1.82) is 0 Å². The third-order valence-corrected chi connectivity index (χ3v) is 3.65. The van der Waals surface area contributed by atoms with Crippen molar-refractivity contribution in [1.82, 2.24) is 0 Å². The third-order valence-electron chi connectivity index (χ3n) is 3.65. The highest BCUT2D eigenvalue weighted by Crippen LogP contribution is 2.23. The predicted molar refractivity (Wildman–Crippen MR) is 80.0 cm³/mol. The largest absolute Gasteiger partial charge is 0.478 e. The highest BCUT2D eigenvalue weighted by Gasteiger charge is 2.30. The lowest BCUT2D eigenvalue weighted by Crippen LogP contribution is -2.11. The number of hydrogen-bond acceptors (Lipinski definition) is 6. The van der Waals surface area contributed by atoms with Gasteiger partial charge in [-0.1, -0.05) is 12.1 Å². The van der Waals surface area contributed by atoms with Gasteiger partial charge in [-0.3, -0.25) is 4.79 Å².